The summed E-state index contributed by atoms with van der Waals surface area (Å²) >= 11 is 0. The van der Waals surface area contributed by atoms with Gasteiger partial charge >= 0.3 is 0 Å². The molecule has 0 aliphatic carbocycles. The number of hydrogen-bond acceptors (Lipinski definition) is 2. The molecule has 1 atom stereocenters. The number of benzene rings is 1. The molecule has 2 nitrogen and oxygen atoms in total. The number of nitrogens with one attached hydrogen (secondary N) is 1. The summed E-state index contributed by atoms with van der Waals surface area (Å²) in [5.41, 5.74) is 1.60. The largest absolute Gasteiger partial charge is 0.508 e. The van der Waals surface area contributed by atoms with E-state index < -0.39 is 0 Å². The number of hydrogen-bond donors (Lipinski definition) is 2. The lowest BCUT2D eigenvalue weighted by Crippen LogP contribution is -2.49. The van der Waals surface area contributed by atoms with Crippen LogP contribution in [0.4, 0.5) is 0 Å². The molecule has 88 valence electrons. The van der Waals surface area contributed by atoms with Gasteiger partial charge in [0, 0.05) is 5.54 Å². The monoisotopic (exact) mass is 219 g/mol. The van der Waals surface area contributed by atoms with Crippen LogP contribution in [-0.4, -0.2) is 17.2 Å². The molecule has 0 aromatic heterocycles. The van der Waals surface area contributed by atoms with Crippen molar-refractivity contribution >= 4 is 0 Å². The van der Waals surface area contributed by atoms with Crippen molar-refractivity contribution in [3.05, 3.63) is 29.8 Å². The minimum absolute atomic E-state index is 0.287. The van der Waals surface area contributed by atoms with Gasteiger partial charge in [-0.15, -0.1) is 0 Å². The van der Waals surface area contributed by atoms with Crippen LogP contribution in [0.25, 0.3) is 0 Å². The van der Waals surface area contributed by atoms with Gasteiger partial charge in [-0.05, 0) is 49.9 Å². The van der Waals surface area contributed by atoms with E-state index in [1.807, 2.05) is 12.1 Å². The molecule has 0 radical (unpaired) electrons. The summed E-state index contributed by atoms with van der Waals surface area (Å²) in [5, 5.41) is 13.0. The Bertz CT molecular complexity index is 325. The molecule has 2 rings (SSSR count). The molecule has 1 saturated heterocycles. The predicted molar refractivity (Wildman–Crippen MR) is 66.7 cm³/mol. The summed E-state index contributed by atoms with van der Waals surface area (Å²) in [6.07, 6.45) is 6.15. The van der Waals surface area contributed by atoms with Gasteiger partial charge in [0.25, 0.3) is 0 Å². The first-order chi connectivity index (χ1) is 7.74. The highest BCUT2D eigenvalue weighted by molar-refractivity contribution is 5.27. The Hall–Kier alpha value is -1.02. The van der Waals surface area contributed by atoms with Crippen LogP contribution in [0.15, 0.2) is 24.3 Å². The maximum Gasteiger partial charge on any atom is 0.115 e. The van der Waals surface area contributed by atoms with Gasteiger partial charge in [-0.25, -0.2) is 0 Å². The first kappa shape index (κ1) is 11.5. The molecule has 0 amide bonds. The Morgan fingerprint density at radius 1 is 1.25 bits per heavy atom. The minimum atomic E-state index is 0.287. The first-order valence-electron chi connectivity index (χ1n) is 6.27. The van der Waals surface area contributed by atoms with E-state index in [-0.39, 0.29) is 5.54 Å². The van der Waals surface area contributed by atoms with Crippen molar-refractivity contribution in [1.82, 2.24) is 5.32 Å². The maximum absolute atomic E-state index is 9.27. The van der Waals surface area contributed by atoms with Crippen LogP contribution in [0.3, 0.4) is 0 Å². The molecule has 2 heteroatoms. The van der Waals surface area contributed by atoms with Crippen LogP contribution in [0.1, 0.15) is 38.2 Å². The van der Waals surface area contributed by atoms with Crippen molar-refractivity contribution in [1.29, 1.82) is 0 Å². The molecule has 1 fully saturated rings. The average Bonchev–Trinajstić information content (AvgIpc) is 2.33. The molecule has 16 heavy (non-hydrogen) atoms. The van der Waals surface area contributed by atoms with Crippen molar-refractivity contribution < 1.29 is 5.11 Å². The van der Waals surface area contributed by atoms with Gasteiger partial charge in [-0.1, -0.05) is 25.5 Å². The van der Waals surface area contributed by atoms with Crippen molar-refractivity contribution in [3.63, 3.8) is 0 Å². The standard InChI is InChI=1S/C14H21NO/c1-2-14(9-3-4-10-15-14)11-12-5-7-13(16)8-6-12/h5-8,15-16H,2-4,9-11H2,1H3. The minimum Gasteiger partial charge on any atom is -0.508 e. The Kier molecular flexibility index (Phi) is 3.49. The molecule has 1 aliphatic heterocycles. The van der Waals surface area contributed by atoms with Crippen molar-refractivity contribution in [3.8, 4) is 5.75 Å². The number of aromatic hydroxyl groups is 1. The molecule has 0 spiro atoms. The molecule has 1 heterocycles. The summed E-state index contributed by atoms with van der Waals surface area (Å²) in [7, 11) is 0. The average molecular weight is 219 g/mol. The maximum atomic E-state index is 9.27. The number of piperidine rings is 1. The molecule has 0 saturated carbocycles. The normalized spacial score (nSPS) is 25.6. The van der Waals surface area contributed by atoms with Crippen molar-refractivity contribution in [2.75, 3.05) is 6.54 Å². The molecule has 1 aliphatic rings. The summed E-state index contributed by atoms with van der Waals surface area (Å²) in [5.74, 6) is 0.353. The zero-order chi connectivity index (χ0) is 11.4. The van der Waals surface area contributed by atoms with Crippen molar-refractivity contribution in [2.45, 2.75) is 44.6 Å². The van der Waals surface area contributed by atoms with Gasteiger partial charge in [0.05, 0.1) is 0 Å². The molecular weight excluding hydrogens is 198 g/mol. The Labute approximate surface area is 97.7 Å². The van der Waals surface area contributed by atoms with E-state index in [4.69, 9.17) is 0 Å². The fraction of sp³-hybridized carbons (Fsp3) is 0.571. The van der Waals surface area contributed by atoms with Crippen LogP contribution < -0.4 is 5.32 Å². The van der Waals surface area contributed by atoms with Crippen LogP contribution in [0.5, 0.6) is 5.75 Å². The van der Waals surface area contributed by atoms with Gasteiger partial charge in [0.15, 0.2) is 0 Å². The molecule has 2 N–H and O–H groups in total. The smallest absolute Gasteiger partial charge is 0.115 e. The topological polar surface area (TPSA) is 32.3 Å². The third-order valence-electron chi connectivity index (χ3n) is 3.74. The summed E-state index contributed by atoms with van der Waals surface area (Å²) in [4.78, 5) is 0. The molecule has 0 bridgehead atoms. The molecule has 1 aromatic carbocycles. The van der Waals surface area contributed by atoms with Crippen LogP contribution in [-0.2, 0) is 6.42 Å². The van der Waals surface area contributed by atoms with Crippen LogP contribution >= 0.6 is 0 Å². The zero-order valence-corrected chi connectivity index (χ0v) is 10.00. The van der Waals surface area contributed by atoms with Gasteiger partial charge in [0.1, 0.15) is 5.75 Å². The summed E-state index contributed by atoms with van der Waals surface area (Å²) < 4.78 is 0. The van der Waals surface area contributed by atoms with E-state index in [1.165, 1.54) is 31.2 Å². The second kappa shape index (κ2) is 4.88. The number of phenols is 1. The van der Waals surface area contributed by atoms with E-state index in [2.05, 4.69) is 12.2 Å². The van der Waals surface area contributed by atoms with E-state index in [0.717, 1.165) is 13.0 Å². The van der Waals surface area contributed by atoms with E-state index in [0.29, 0.717) is 5.75 Å². The van der Waals surface area contributed by atoms with Gasteiger partial charge < -0.3 is 10.4 Å². The zero-order valence-electron chi connectivity index (χ0n) is 10.00. The molecule has 1 unspecified atom stereocenters. The third-order valence-corrected chi connectivity index (χ3v) is 3.74. The van der Waals surface area contributed by atoms with Gasteiger partial charge in [0.2, 0.25) is 0 Å². The highest BCUT2D eigenvalue weighted by Crippen LogP contribution is 2.27. The van der Waals surface area contributed by atoms with E-state index in [1.54, 1.807) is 12.1 Å². The Balaban J connectivity index is 2.08. The Morgan fingerprint density at radius 2 is 2.00 bits per heavy atom. The van der Waals surface area contributed by atoms with Gasteiger partial charge in [-0.2, -0.15) is 0 Å². The lowest BCUT2D eigenvalue weighted by molar-refractivity contribution is 0.243. The third kappa shape index (κ3) is 2.56. The van der Waals surface area contributed by atoms with Gasteiger partial charge in [-0.3, -0.25) is 0 Å². The lowest BCUT2D eigenvalue weighted by Gasteiger charge is -2.38. The molecular formula is C14H21NO. The highest BCUT2D eigenvalue weighted by atomic mass is 16.3. The quantitative estimate of drug-likeness (QED) is 0.819. The SMILES string of the molecule is CCC1(Cc2ccc(O)cc2)CCCCN1. The highest BCUT2D eigenvalue weighted by Gasteiger charge is 2.29. The summed E-state index contributed by atoms with van der Waals surface area (Å²) in [6, 6.07) is 7.62. The lowest BCUT2D eigenvalue weighted by atomic mass is 9.81. The fourth-order valence-corrected chi connectivity index (χ4v) is 2.61. The summed E-state index contributed by atoms with van der Waals surface area (Å²) in [6.45, 7) is 3.41. The first-order valence-corrected chi connectivity index (χ1v) is 6.27. The molecule has 1 aromatic rings. The second-order valence-electron chi connectivity index (χ2n) is 4.86. The van der Waals surface area contributed by atoms with Crippen LogP contribution in [0.2, 0.25) is 0 Å². The fourth-order valence-electron chi connectivity index (χ4n) is 2.61. The number of phenolic OH excluding ortho intramolecular Hbond substituents is 1. The Morgan fingerprint density at radius 3 is 2.56 bits per heavy atom. The van der Waals surface area contributed by atoms with Crippen molar-refractivity contribution in [2.24, 2.45) is 0 Å². The second-order valence-corrected chi connectivity index (χ2v) is 4.86. The number of rotatable bonds is 3. The predicted octanol–water partition coefficient (Wildman–Crippen LogP) is 2.86. The van der Waals surface area contributed by atoms with E-state index in [9.17, 15) is 5.11 Å². The van der Waals surface area contributed by atoms with Crippen LogP contribution in [0, 0.1) is 0 Å². The van der Waals surface area contributed by atoms with E-state index >= 15 is 0 Å².